The van der Waals surface area contributed by atoms with E-state index in [1.54, 1.807) is 0 Å². The predicted molar refractivity (Wildman–Crippen MR) is 190 cm³/mol. The van der Waals surface area contributed by atoms with Crippen molar-refractivity contribution in [2.45, 2.75) is 11.0 Å². The first kappa shape index (κ1) is 26.8. The van der Waals surface area contributed by atoms with Crippen molar-refractivity contribution < 1.29 is 9.52 Å². The van der Waals surface area contributed by atoms with Crippen LogP contribution in [0.15, 0.2) is 162 Å². The van der Waals surface area contributed by atoms with E-state index in [0.717, 1.165) is 60.9 Å². The molecule has 1 heterocycles. The molecule has 0 radical (unpaired) electrons. The Labute approximate surface area is 277 Å². The first-order chi connectivity index (χ1) is 23.1. The summed E-state index contributed by atoms with van der Waals surface area (Å²) in [5, 5.41) is 16.3. The highest BCUT2D eigenvalue weighted by atomic mass is 35.5. The van der Waals surface area contributed by atoms with Crippen molar-refractivity contribution in [2.24, 2.45) is 0 Å². The van der Waals surface area contributed by atoms with Crippen molar-refractivity contribution in [3.8, 4) is 22.3 Å². The van der Waals surface area contributed by atoms with Gasteiger partial charge in [0.25, 0.3) is 0 Å². The highest BCUT2D eigenvalue weighted by Gasteiger charge is 2.56. The summed E-state index contributed by atoms with van der Waals surface area (Å²) in [7, 11) is 0. The number of hydrogen-bond donors (Lipinski definition) is 1. The molecule has 0 fully saturated rings. The van der Waals surface area contributed by atoms with Crippen LogP contribution in [0.1, 0.15) is 38.9 Å². The molecule has 7 aromatic carbocycles. The molecule has 3 heteroatoms. The number of para-hydroxylation sites is 1. The molecule has 0 unspecified atom stereocenters. The zero-order valence-electron chi connectivity index (χ0n) is 25.2. The third-order valence-corrected chi connectivity index (χ3v) is 10.7. The molecule has 2 aliphatic carbocycles. The Kier molecular flexibility index (Phi) is 5.44. The van der Waals surface area contributed by atoms with Gasteiger partial charge in [0, 0.05) is 21.4 Å². The van der Waals surface area contributed by atoms with Crippen molar-refractivity contribution in [2.75, 3.05) is 0 Å². The Morgan fingerprint density at radius 2 is 0.957 bits per heavy atom. The molecule has 0 saturated heterocycles. The van der Waals surface area contributed by atoms with Crippen molar-refractivity contribution >= 4 is 33.5 Å². The van der Waals surface area contributed by atoms with Gasteiger partial charge in [0.15, 0.2) is 0 Å². The smallest absolute Gasteiger partial charge is 0.141 e. The van der Waals surface area contributed by atoms with Gasteiger partial charge in [-0.1, -0.05) is 139 Å². The van der Waals surface area contributed by atoms with Crippen LogP contribution in [0.2, 0.25) is 5.02 Å². The lowest BCUT2D eigenvalue weighted by molar-refractivity contribution is 0.119. The van der Waals surface area contributed by atoms with Crippen LogP contribution >= 0.6 is 11.6 Å². The Bertz CT molecular complexity index is 2480. The molecule has 10 rings (SSSR count). The molecule has 2 nitrogen and oxygen atoms in total. The van der Waals surface area contributed by atoms with E-state index in [2.05, 4.69) is 103 Å². The predicted octanol–water partition coefficient (Wildman–Crippen LogP) is 10.9. The van der Waals surface area contributed by atoms with Crippen LogP contribution in [0.25, 0.3) is 44.2 Å². The summed E-state index contributed by atoms with van der Waals surface area (Å²) in [5.74, 6) is 0. The molecule has 0 bridgehead atoms. The number of aliphatic hydroxyl groups is 1. The lowest BCUT2D eigenvalue weighted by Gasteiger charge is -2.47. The second kappa shape index (κ2) is 9.56. The number of rotatable bonds is 2. The van der Waals surface area contributed by atoms with E-state index in [4.69, 9.17) is 16.0 Å². The minimum absolute atomic E-state index is 0.589. The summed E-state index contributed by atoms with van der Waals surface area (Å²) in [6.45, 7) is 0. The van der Waals surface area contributed by atoms with Gasteiger partial charge < -0.3 is 9.52 Å². The van der Waals surface area contributed by atoms with Crippen LogP contribution in [0, 0.1) is 0 Å². The summed E-state index contributed by atoms with van der Waals surface area (Å²) in [6.07, 6.45) is 0. The maximum absolute atomic E-state index is 13.6. The second-order valence-electron chi connectivity index (χ2n) is 12.6. The van der Waals surface area contributed by atoms with Crippen LogP contribution < -0.4 is 0 Å². The Morgan fingerprint density at radius 1 is 0.426 bits per heavy atom. The monoisotopic (exact) mass is 622 g/mol. The quantitative estimate of drug-likeness (QED) is 0.208. The van der Waals surface area contributed by atoms with E-state index >= 15 is 0 Å². The topological polar surface area (TPSA) is 33.4 Å². The van der Waals surface area contributed by atoms with Gasteiger partial charge in [-0.15, -0.1) is 0 Å². The normalized spacial score (nSPS) is 14.9. The molecule has 47 heavy (non-hydrogen) atoms. The maximum Gasteiger partial charge on any atom is 0.141 e. The van der Waals surface area contributed by atoms with Gasteiger partial charge >= 0.3 is 0 Å². The number of hydrogen-bond acceptors (Lipinski definition) is 2. The lowest BCUT2D eigenvalue weighted by atomic mass is 9.56. The zero-order valence-corrected chi connectivity index (χ0v) is 26.0. The van der Waals surface area contributed by atoms with Crippen LogP contribution in [0.3, 0.4) is 0 Å². The molecule has 0 saturated carbocycles. The van der Waals surface area contributed by atoms with Crippen molar-refractivity contribution in [3.05, 3.63) is 202 Å². The molecule has 1 spiro atoms. The van der Waals surface area contributed by atoms with E-state index in [0.29, 0.717) is 5.02 Å². The van der Waals surface area contributed by atoms with Crippen LogP contribution in [-0.2, 0) is 11.0 Å². The molecule has 2 aliphatic rings. The SMILES string of the molecule is OC1(c2ccc(Cl)cc2-c2ccc3oc4ccccc4c3c2)c2ccccc2C2(c3ccccc3-c3ccccc32)c2ccccc21. The molecule has 0 amide bonds. The third-order valence-electron chi connectivity index (χ3n) is 10.5. The van der Waals surface area contributed by atoms with Crippen molar-refractivity contribution in [1.29, 1.82) is 0 Å². The molecular weight excluding hydrogens is 596 g/mol. The molecule has 1 N–H and O–H groups in total. The fourth-order valence-corrected chi connectivity index (χ4v) is 8.78. The van der Waals surface area contributed by atoms with Crippen LogP contribution in [-0.4, -0.2) is 5.11 Å². The highest BCUT2D eigenvalue weighted by Crippen LogP contribution is 2.63. The number of halogens is 1. The first-order valence-electron chi connectivity index (χ1n) is 15.9. The fourth-order valence-electron chi connectivity index (χ4n) is 8.61. The molecular formula is C44H27ClO2. The van der Waals surface area contributed by atoms with Crippen molar-refractivity contribution in [1.82, 2.24) is 0 Å². The van der Waals surface area contributed by atoms with E-state index in [9.17, 15) is 5.11 Å². The Hall–Kier alpha value is -5.41. The molecule has 1 aromatic heterocycles. The maximum atomic E-state index is 13.6. The summed E-state index contributed by atoms with van der Waals surface area (Å²) >= 11 is 6.75. The molecule has 222 valence electrons. The van der Waals surface area contributed by atoms with Gasteiger partial charge in [-0.3, -0.25) is 0 Å². The summed E-state index contributed by atoms with van der Waals surface area (Å²) in [4.78, 5) is 0. The van der Waals surface area contributed by atoms with E-state index in [1.165, 1.54) is 22.3 Å². The van der Waals surface area contributed by atoms with E-state index < -0.39 is 11.0 Å². The highest BCUT2D eigenvalue weighted by molar-refractivity contribution is 6.31. The molecule has 0 aliphatic heterocycles. The van der Waals surface area contributed by atoms with Crippen molar-refractivity contribution in [3.63, 3.8) is 0 Å². The Morgan fingerprint density at radius 3 is 1.62 bits per heavy atom. The van der Waals surface area contributed by atoms with E-state index in [1.807, 2.05) is 54.6 Å². The average Bonchev–Trinajstić information content (AvgIpc) is 3.64. The number of benzene rings is 7. The van der Waals surface area contributed by atoms with Gasteiger partial charge in [-0.05, 0) is 86.0 Å². The second-order valence-corrected chi connectivity index (χ2v) is 13.1. The van der Waals surface area contributed by atoms with Crippen LogP contribution in [0.5, 0.6) is 0 Å². The van der Waals surface area contributed by atoms with Gasteiger partial charge in [-0.25, -0.2) is 0 Å². The van der Waals surface area contributed by atoms with Gasteiger partial charge in [0.2, 0.25) is 0 Å². The minimum Gasteiger partial charge on any atom is -0.456 e. The number of fused-ring (bicyclic) bond motifs is 12. The fraction of sp³-hybridized carbons (Fsp3) is 0.0455. The summed E-state index contributed by atoms with van der Waals surface area (Å²) in [5.41, 5.74) is 11.0. The lowest BCUT2D eigenvalue weighted by Crippen LogP contribution is -2.44. The first-order valence-corrected chi connectivity index (χ1v) is 16.3. The van der Waals surface area contributed by atoms with E-state index in [-0.39, 0.29) is 0 Å². The third kappa shape index (κ3) is 3.39. The van der Waals surface area contributed by atoms with Gasteiger partial charge in [0.1, 0.15) is 16.8 Å². The molecule has 8 aromatic rings. The average molecular weight is 623 g/mol. The van der Waals surface area contributed by atoms with Crippen LogP contribution in [0.4, 0.5) is 0 Å². The zero-order chi connectivity index (χ0) is 31.3. The largest absolute Gasteiger partial charge is 0.456 e. The molecule has 0 atom stereocenters. The standard InChI is InChI=1S/C44H27ClO2/c45-28-22-23-36(32(26-28)27-21-24-42-33(25-27)31-13-3-10-20-41(31)47-42)44(46)39-18-8-6-16-37(39)43(38-17-7-9-19-40(38)44)34-14-4-1-11-29(34)30-12-2-5-15-35(30)43/h1-26,46H. The summed E-state index contributed by atoms with van der Waals surface area (Å²) in [6, 6.07) is 54.5. The van der Waals surface area contributed by atoms with Gasteiger partial charge in [-0.2, -0.15) is 0 Å². The minimum atomic E-state index is -1.47. The van der Waals surface area contributed by atoms with Gasteiger partial charge in [0.05, 0.1) is 5.41 Å². The summed E-state index contributed by atoms with van der Waals surface area (Å²) < 4.78 is 6.16. The Balaban J connectivity index is 1.30. The number of furan rings is 1.